The molecule has 0 radical (unpaired) electrons. The van der Waals surface area contributed by atoms with Crippen LogP contribution in [0.3, 0.4) is 0 Å². The lowest BCUT2D eigenvalue weighted by Crippen LogP contribution is -2.31. The van der Waals surface area contributed by atoms with E-state index in [1.54, 1.807) is 43.1 Å². The number of hydrogen-bond acceptors (Lipinski definition) is 6. The summed E-state index contributed by atoms with van der Waals surface area (Å²) in [4.78, 5) is 26.6. The van der Waals surface area contributed by atoms with E-state index >= 15 is 0 Å². The van der Waals surface area contributed by atoms with Crippen molar-refractivity contribution >= 4 is 23.6 Å². The molecule has 0 spiro atoms. The minimum absolute atomic E-state index is 0.218. The van der Waals surface area contributed by atoms with Gasteiger partial charge in [0.25, 0.3) is 11.8 Å². The monoisotopic (exact) mass is 498 g/mol. The van der Waals surface area contributed by atoms with E-state index < -0.39 is 0 Å². The second kappa shape index (κ2) is 10.8. The molecule has 2 amide bonds. The highest BCUT2D eigenvalue weighted by Crippen LogP contribution is 2.31. The van der Waals surface area contributed by atoms with Crippen LogP contribution in [-0.2, 0) is 13.0 Å². The molecule has 3 aromatic carbocycles. The molecule has 1 aliphatic heterocycles. The Bertz CT molecular complexity index is 1350. The minimum Gasteiger partial charge on any atom is -0.496 e. The van der Waals surface area contributed by atoms with E-state index in [0.29, 0.717) is 36.4 Å². The number of hydrogen-bond donors (Lipinski definition) is 0. The lowest BCUT2D eigenvalue weighted by atomic mass is 10.1. The predicted octanol–water partition coefficient (Wildman–Crippen LogP) is 4.97. The molecule has 0 saturated carbocycles. The van der Waals surface area contributed by atoms with Gasteiger partial charge in [0.05, 0.1) is 23.8 Å². The van der Waals surface area contributed by atoms with Crippen molar-refractivity contribution in [1.82, 2.24) is 19.7 Å². The van der Waals surface area contributed by atoms with E-state index in [-0.39, 0.29) is 11.8 Å². The van der Waals surface area contributed by atoms with Gasteiger partial charge in [0, 0.05) is 18.8 Å². The maximum absolute atomic E-state index is 12.6. The number of nitrogens with zero attached hydrogens (tertiary/aromatic N) is 4. The molecule has 0 saturated heterocycles. The Balaban J connectivity index is 1.30. The lowest BCUT2D eigenvalue weighted by Gasteiger charge is -2.14. The van der Waals surface area contributed by atoms with Crippen LogP contribution in [0, 0.1) is 0 Å². The van der Waals surface area contributed by atoms with E-state index in [4.69, 9.17) is 4.74 Å². The van der Waals surface area contributed by atoms with Crippen LogP contribution in [0.4, 0.5) is 0 Å². The molecular weight excluding hydrogens is 472 g/mol. The molecule has 8 heteroatoms. The number of rotatable bonds is 10. The van der Waals surface area contributed by atoms with E-state index in [9.17, 15) is 9.59 Å². The van der Waals surface area contributed by atoms with Crippen molar-refractivity contribution in [1.29, 1.82) is 0 Å². The average molecular weight is 499 g/mol. The van der Waals surface area contributed by atoms with Gasteiger partial charge < -0.3 is 9.30 Å². The maximum atomic E-state index is 12.6. The van der Waals surface area contributed by atoms with Gasteiger partial charge in [-0.05, 0) is 42.7 Å². The van der Waals surface area contributed by atoms with Crippen LogP contribution in [0.1, 0.15) is 32.7 Å². The minimum atomic E-state index is -0.218. The first-order valence-electron chi connectivity index (χ1n) is 11.9. The highest BCUT2D eigenvalue weighted by Gasteiger charge is 2.34. The Labute approximate surface area is 214 Å². The molecule has 5 rings (SSSR count). The molecule has 1 aromatic heterocycles. The number of aromatic nitrogens is 3. The number of methoxy groups -OCH3 is 1. The second-order valence-corrected chi connectivity index (χ2v) is 9.47. The summed E-state index contributed by atoms with van der Waals surface area (Å²) < 4.78 is 7.69. The van der Waals surface area contributed by atoms with E-state index in [2.05, 4.69) is 26.9 Å². The summed E-state index contributed by atoms with van der Waals surface area (Å²) in [6.07, 6.45) is 1.50. The Morgan fingerprint density at radius 2 is 1.42 bits per heavy atom. The third kappa shape index (κ3) is 4.77. The van der Waals surface area contributed by atoms with Crippen molar-refractivity contribution in [3.63, 3.8) is 0 Å². The largest absolute Gasteiger partial charge is 0.496 e. The third-order valence-corrected chi connectivity index (χ3v) is 7.22. The predicted molar refractivity (Wildman–Crippen MR) is 139 cm³/mol. The van der Waals surface area contributed by atoms with E-state index in [0.717, 1.165) is 28.7 Å². The Kier molecular flexibility index (Phi) is 7.13. The van der Waals surface area contributed by atoms with Crippen molar-refractivity contribution < 1.29 is 14.3 Å². The summed E-state index contributed by atoms with van der Waals surface area (Å²) in [5, 5.41) is 9.79. The molecule has 0 fully saturated rings. The van der Waals surface area contributed by atoms with Gasteiger partial charge in [0.15, 0.2) is 11.0 Å². The molecule has 1 aliphatic rings. The maximum Gasteiger partial charge on any atom is 0.261 e. The fraction of sp³-hybridized carbons (Fsp3) is 0.214. The zero-order chi connectivity index (χ0) is 24.9. The van der Waals surface area contributed by atoms with Crippen molar-refractivity contribution in [2.24, 2.45) is 0 Å². The van der Waals surface area contributed by atoms with Gasteiger partial charge in [0.1, 0.15) is 5.75 Å². The van der Waals surface area contributed by atoms with Crippen LogP contribution in [0.25, 0.3) is 11.4 Å². The molecule has 36 heavy (non-hydrogen) atoms. The highest BCUT2D eigenvalue weighted by atomic mass is 32.2. The number of thioether (sulfide) groups is 1. The van der Waals surface area contributed by atoms with Gasteiger partial charge in [-0.25, -0.2) is 0 Å². The first-order valence-corrected chi connectivity index (χ1v) is 12.8. The first-order chi connectivity index (χ1) is 17.7. The zero-order valence-corrected chi connectivity index (χ0v) is 20.8. The molecule has 0 aliphatic carbocycles. The Morgan fingerprint density at radius 1 is 0.778 bits per heavy atom. The lowest BCUT2D eigenvalue weighted by molar-refractivity contribution is 0.0655. The van der Waals surface area contributed by atoms with E-state index in [1.165, 1.54) is 10.5 Å². The number of aryl methyl sites for hydroxylation is 1. The fourth-order valence-electron chi connectivity index (χ4n) is 4.34. The number of ether oxygens (including phenoxy) is 1. The molecule has 0 atom stereocenters. The average Bonchev–Trinajstić information content (AvgIpc) is 3.44. The Hall–Kier alpha value is -3.91. The number of amides is 2. The zero-order valence-electron chi connectivity index (χ0n) is 20.0. The second-order valence-electron chi connectivity index (χ2n) is 8.40. The summed E-state index contributed by atoms with van der Waals surface area (Å²) in [7, 11) is 1.65. The smallest absolute Gasteiger partial charge is 0.261 e. The highest BCUT2D eigenvalue weighted by molar-refractivity contribution is 7.99. The van der Waals surface area contributed by atoms with Crippen molar-refractivity contribution in [2.75, 3.05) is 19.4 Å². The molecule has 0 unspecified atom stereocenters. The number of benzene rings is 3. The van der Waals surface area contributed by atoms with Crippen LogP contribution in [0.2, 0.25) is 0 Å². The molecule has 4 aromatic rings. The summed E-state index contributed by atoms with van der Waals surface area (Å²) >= 11 is 1.58. The number of carbonyl (C=O) groups excluding carboxylic acids is 2. The van der Waals surface area contributed by atoms with Gasteiger partial charge in [-0.2, -0.15) is 0 Å². The summed E-state index contributed by atoms with van der Waals surface area (Å²) in [5.41, 5.74) is 3.09. The molecule has 2 heterocycles. The Morgan fingerprint density at radius 3 is 2.11 bits per heavy atom. The molecule has 7 nitrogen and oxygen atoms in total. The molecule has 182 valence electrons. The van der Waals surface area contributed by atoms with Crippen LogP contribution in [0.15, 0.2) is 84.0 Å². The standard InChI is InChI=1S/C28H26N4O3S/c1-35-24-15-8-7-14-23(24)25-29-30-28(31(25)18-16-20-10-3-2-4-11-20)36-19-9-17-32-26(33)21-12-5-6-13-22(21)27(32)34/h2-8,10-15H,9,16-19H2,1H3. The van der Waals surface area contributed by atoms with Crippen molar-refractivity contribution in [3.8, 4) is 17.1 Å². The van der Waals surface area contributed by atoms with Crippen LogP contribution in [0.5, 0.6) is 5.75 Å². The molecule has 0 N–H and O–H groups in total. The van der Waals surface area contributed by atoms with Gasteiger partial charge in [-0.3, -0.25) is 14.5 Å². The summed E-state index contributed by atoms with van der Waals surface area (Å²) in [6.45, 7) is 1.09. The SMILES string of the molecule is COc1ccccc1-c1nnc(SCCCN2C(=O)c3ccccc3C2=O)n1CCc1ccccc1. The third-order valence-electron chi connectivity index (χ3n) is 6.17. The summed E-state index contributed by atoms with van der Waals surface area (Å²) in [5.74, 6) is 1.76. The van der Waals surface area contributed by atoms with Crippen LogP contribution < -0.4 is 4.74 Å². The van der Waals surface area contributed by atoms with Gasteiger partial charge in [-0.1, -0.05) is 66.4 Å². The number of imide groups is 1. The number of para-hydroxylation sites is 1. The van der Waals surface area contributed by atoms with Gasteiger partial charge in [-0.15, -0.1) is 10.2 Å². The quantitative estimate of drug-likeness (QED) is 0.174. The fourth-order valence-corrected chi connectivity index (χ4v) is 5.23. The topological polar surface area (TPSA) is 77.3 Å². The van der Waals surface area contributed by atoms with Crippen molar-refractivity contribution in [2.45, 2.75) is 24.5 Å². The molecule has 0 bridgehead atoms. The van der Waals surface area contributed by atoms with E-state index in [1.807, 2.05) is 42.5 Å². The summed E-state index contributed by atoms with van der Waals surface area (Å²) in [6, 6.07) is 25.1. The molecular formula is C28H26N4O3S. The van der Waals surface area contributed by atoms with Crippen LogP contribution >= 0.6 is 11.8 Å². The number of fused-ring (bicyclic) bond motifs is 1. The van der Waals surface area contributed by atoms with Gasteiger partial charge >= 0.3 is 0 Å². The first kappa shape index (κ1) is 23.8. The normalized spacial score (nSPS) is 12.8. The van der Waals surface area contributed by atoms with Crippen molar-refractivity contribution in [3.05, 3.63) is 95.6 Å². The van der Waals surface area contributed by atoms with Crippen LogP contribution in [-0.4, -0.2) is 50.9 Å². The van der Waals surface area contributed by atoms with Gasteiger partial charge in [0.2, 0.25) is 0 Å². The number of carbonyl (C=O) groups is 2.